The molecule has 1 saturated heterocycles. The lowest BCUT2D eigenvalue weighted by molar-refractivity contribution is -0.0935. The Morgan fingerprint density at radius 2 is 2.08 bits per heavy atom. The summed E-state index contributed by atoms with van der Waals surface area (Å²) in [6.07, 6.45) is 4.02. The minimum absolute atomic E-state index is 0.00175. The lowest BCUT2D eigenvalue weighted by Crippen LogP contribution is -2.48. The van der Waals surface area contributed by atoms with Crippen LogP contribution in [0, 0.1) is 0 Å². The van der Waals surface area contributed by atoms with Crippen molar-refractivity contribution < 1.29 is 14.3 Å². The number of ether oxygens (including phenoxy) is 2. The zero-order valence-electron chi connectivity index (χ0n) is 14.9. The molecule has 3 heterocycles. The van der Waals surface area contributed by atoms with Crippen LogP contribution in [-0.4, -0.2) is 42.6 Å². The Bertz CT molecular complexity index is 812. The van der Waals surface area contributed by atoms with Gasteiger partial charge in [-0.2, -0.15) is 0 Å². The predicted octanol–water partition coefficient (Wildman–Crippen LogP) is 2.38. The number of carbonyl (C=O) groups excluding carboxylic acids is 1. The molecule has 0 radical (unpaired) electrons. The van der Waals surface area contributed by atoms with Gasteiger partial charge in [-0.15, -0.1) is 0 Å². The molecule has 6 heteroatoms. The maximum absolute atomic E-state index is 12.7. The van der Waals surface area contributed by atoms with E-state index in [1.807, 2.05) is 11.0 Å². The van der Waals surface area contributed by atoms with Gasteiger partial charge in [0, 0.05) is 19.3 Å². The Kier molecular flexibility index (Phi) is 4.28. The number of anilines is 1. The first-order valence-corrected chi connectivity index (χ1v) is 8.93. The number of aromatic nitrogens is 1. The highest BCUT2D eigenvalue weighted by Crippen LogP contribution is 2.42. The largest absolute Gasteiger partial charge is 0.497 e. The molecule has 2 aliphatic rings. The Hall–Kier alpha value is -2.60. The zero-order chi connectivity index (χ0) is 18.1. The lowest BCUT2D eigenvalue weighted by Gasteiger charge is -2.45. The number of hydrogen-bond acceptors (Lipinski definition) is 5. The van der Waals surface area contributed by atoms with E-state index in [0.29, 0.717) is 31.1 Å². The monoisotopic (exact) mass is 353 g/mol. The van der Waals surface area contributed by atoms with Crippen LogP contribution in [0.15, 0.2) is 36.5 Å². The van der Waals surface area contributed by atoms with Crippen molar-refractivity contribution in [3.8, 4) is 5.75 Å². The van der Waals surface area contributed by atoms with Gasteiger partial charge in [-0.1, -0.05) is 6.07 Å². The SMILES string of the molecule is COc1ccc2c(c1)CCOC21CCN(C(=O)c2ccc(N)nc2)CC1. The standard InChI is InChI=1S/C20H23N3O3/c1-25-16-3-4-17-14(12-16)6-11-26-20(17)7-9-23(10-8-20)19(24)15-2-5-18(21)22-13-15/h2-5,12-13H,6-11H2,1H3,(H2,21,22). The summed E-state index contributed by atoms with van der Waals surface area (Å²) in [7, 11) is 1.69. The molecule has 0 bridgehead atoms. The van der Waals surface area contributed by atoms with E-state index in [1.165, 1.54) is 11.1 Å². The zero-order valence-corrected chi connectivity index (χ0v) is 14.9. The molecule has 6 nitrogen and oxygen atoms in total. The van der Waals surface area contributed by atoms with E-state index in [0.717, 1.165) is 25.0 Å². The van der Waals surface area contributed by atoms with Gasteiger partial charge in [-0.3, -0.25) is 4.79 Å². The van der Waals surface area contributed by atoms with Gasteiger partial charge in [0.15, 0.2) is 0 Å². The molecular formula is C20H23N3O3. The fourth-order valence-corrected chi connectivity index (χ4v) is 3.98. The summed E-state index contributed by atoms with van der Waals surface area (Å²) in [4.78, 5) is 18.6. The highest BCUT2D eigenvalue weighted by molar-refractivity contribution is 5.94. The van der Waals surface area contributed by atoms with Crippen molar-refractivity contribution >= 4 is 11.7 Å². The molecule has 2 N–H and O–H groups in total. The molecule has 2 aliphatic heterocycles. The van der Waals surface area contributed by atoms with Crippen LogP contribution in [0.25, 0.3) is 0 Å². The number of hydrogen-bond donors (Lipinski definition) is 1. The van der Waals surface area contributed by atoms with Crippen molar-refractivity contribution in [2.45, 2.75) is 24.9 Å². The number of amides is 1. The smallest absolute Gasteiger partial charge is 0.255 e. The van der Waals surface area contributed by atoms with E-state index in [-0.39, 0.29) is 11.5 Å². The molecule has 2 aromatic rings. The molecule has 1 aromatic carbocycles. The first kappa shape index (κ1) is 16.8. The molecule has 0 aliphatic carbocycles. The summed E-state index contributed by atoms with van der Waals surface area (Å²) in [6.45, 7) is 2.03. The molecule has 26 heavy (non-hydrogen) atoms. The molecule has 0 unspecified atom stereocenters. The van der Waals surface area contributed by atoms with Crippen molar-refractivity contribution in [3.63, 3.8) is 0 Å². The number of nitrogens with two attached hydrogens (primary N) is 1. The van der Waals surface area contributed by atoms with Gasteiger partial charge in [-0.25, -0.2) is 4.98 Å². The number of piperidine rings is 1. The van der Waals surface area contributed by atoms with E-state index >= 15 is 0 Å². The van der Waals surface area contributed by atoms with Gasteiger partial charge in [0.2, 0.25) is 0 Å². The Labute approximate surface area is 152 Å². The average Bonchev–Trinajstić information content (AvgIpc) is 2.68. The van der Waals surface area contributed by atoms with E-state index < -0.39 is 0 Å². The van der Waals surface area contributed by atoms with Crippen molar-refractivity contribution in [1.29, 1.82) is 0 Å². The van der Waals surface area contributed by atoms with Gasteiger partial charge in [0.1, 0.15) is 11.6 Å². The Morgan fingerprint density at radius 1 is 1.27 bits per heavy atom. The van der Waals surface area contributed by atoms with Crippen LogP contribution >= 0.6 is 0 Å². The lowest BCUT2D eigenvalue weighted by atomic mass is 9.79. The highest BCUT2D eigenvalue weighted by Gasteiger charge is 2.41. The van der Waals surface area contributed by atoms with Crippen LogP contribution in [-0.2, 0) is 16.8 Å². The fourth-order valence-electron chi connectivity index (χ4n) is 3.98. The third kappa shape index (κ3) is 2.90. The molecule has 0 saturated carbocycles. The van der Waals surface area contributed by atoms with Crippen LogP contribution in [0.5, 0.6) is 5.75 Å². The minimum Gasteiger partial charge on any atom is -0.497 e. The molecular weight excluding hydrogens is 330 g/mol. The van der Waals surface area contributed by atoms with Gasteiger partial charge in [0.05, 0.1) is 24.9 Å². The Balaban J connectivity index is 1.52. The maximum atomic E-state index is 12.7. The second-order valence-electron chi connectivity index (χ2n) is 6.88. The number of likely N-dealkylation sites (tertiary alicyclic amines) is 1. The van der Waals surface area contributed by atoms with E-state index in [9.17, 15) is 4.79 Å². The predicted molar refractivity (Wildman–Crippen MR) is 98.1 cm³/mol. The minimum atomic E-state index is -0.296. The summed E-state index contributed by atoms with van der Waals surface area (Å²) in [5.74, 6) is 1.30. The molecule has 1 spiro atoms. The number of benzene rings is 1. The van der Waals surface area contributed by atoms with Crippen molar-refractivity contribution in [2.75, 3.05) is 32.5 Å². The van der Waals surface area contributed by atoms with Crippen LogP contribution < -0.4 is 10.5 Å². The number of rotatable bonds is 2. The van der Waals surface area contributed by atoms with Crippen molar-refractivity contribution in [1.82, 2.24) is 9.88 Å². The van der Waals surface area contributed by atoms with Gasteiger partial charge in [-0.05, 0) is 54.7 Å². The number of pyridine rings is 1. The van der Waals surface area contributed by atoms with Crippen LogP contribution in [0.1, 0.15) is 34.3 Å². The third-order valence-corrected chi connectivity index (χ3v) is 5.44. The number of carbonyl (C=O) groups is 1. The maximum Gasteiger partial charge on any atom is 0.255 e. The van der Waals surface area contributed by atoms with Crippen LogP contribution in [0.4, 0.5) is 5.82 Å². The number of fused-ring (bicyclic) bond motifs is 2. The van der Waals surface area contributed by atoms with Gasteiger partial charge >= 0.3 is 0 Å². The number of nitrogen functional groups attached to an aromatic ring is 1. The summed E-state index contributed by atoms with van der Waals surface area (Å²) >= 11 is 0. The average molecular weight is 353 g/mol. The number of methoxy groups -OCH3 is 1. The topological polar surface area (TPSA) is 77.7 Å². The molecule has 1 fully saturated rings. The van der Waals surface area contributed by atoms with Gasteiger partial charge < -0.3 is 20.1 Å². The highest BCUT2D eigenvalue weighted by atomic mass is 16.5. The van der Waals surface area contributed by atoms with Gasteiger partial charge in [0.25, 0.3) is 5.91 Å². The number of nitrogens with zero attached hydrogens (tertiary/aromatic N) is 2. The van der Waals surface area contributed by atoms with E-state index in [4.69, 9.17) is 15.2 Å². The molecule has 0 atom stereocenters. The summed E-state index contributed by atoms with van der Waals surface area (Å²) < 4.78 is 11.6. The summed E-state index contributed by atoms with van der Waals surface area (Å²) in [6, 6.07) is 9.61. The first-order chi connectivity index (χ1) is 12.6. The van der Waals surface area contributed by atoms with Crippen molar-refractivity contribution in [2.24, 2.45) is 0 Å². The van der Waals surface area contributed by atoms with Crippen molar-refractivity contribution in [3.05, 3.63) is 53.2 Å². The van der Waals surface area contributed by atoms with Crippen LogP contribution in [0.2, 0.25) is 0 Å². The fraction of sp³-hybridized carbons (Fsp3) is 0.400. The molecule has 4 rings (SSSR count). The molecule has 1 amide bonds. The van der Waals surface area contributed by atoms with Crippen LogP contribution in [0.3, 0.4) is 0 Å². The second kappa shape index (κ2) is 6.61. The Morgan fingerprint density at radius 3 is 2.77 bits per heavy atom. The third-order valence-electron chi connectivity index (χ3n) is 5.44. The first-order valence-electron chi connectivity index (χ1n) is 8.93. The molecule has 1 aromatic heterocycles. The van der Waals surface area contributed by atoms with E-state index in [1.54, 1.807) is 25.4 Å². The quantitative estimate of drug-likeness (QED) is 0.897. The van der Waals surface area contributed by atoms with E-state index in [2.05, 4.69) is 17.1 Å². The molecule has 136 valence electrons. The normalized spacial score (nSPS) is 18.4. The summed E-state index contributed by atoms with van der Waals surface area (Å²) in [5.41, 5.74) is 8.41. The second-order valence-corrected chi connectivity index (χ2v) is 6.88. The summed E-state index contributed by atoms with van der Waals surface area (Å²) in [5, 5.41) is 0.